The molecule has 0 fully saturated rings. The van der Waals surface area contributed by atoms with Gasteiger partial charge in [0.15, 0.2) is 0 Å². The number of halogens is 1. The van der Waals surface area contributed by atoms with Crippen molar-refractivity contribution < 1.29 is 9.13 Å². The molecule has 0 unspecified atom stereocenters. The summed E-state index contributed by atoms with van der Waals surface area (Å²) in [5.74, 6) is 0.661. The van der Waals surface area contributed by atoms with Crippen molar-refractivity contribution in [3.63, 3.8) is 0 Å². The number of rotatable bonds is 3. The van der Waals surface area contributed by atoms with E-state index in [2.05, 4.69) is 9.55 Å². The van der Waals surface area contributed by atoms with Gasteiger partial charge in [-0.2, -0.15) is 0 Å². The number of nitrogens with zero attached hydrogens (tertiary/aromatic N) is 2. The van der Waals surface area contributed by atoms with Crippen LogP contribution in [0.1, 0.15) is 16.8 Å². The topological polar surface area (TPSA) is 27.1 Å². The summed E-state index contributed by atoms with van der Waals surface area (Å²) in [7, 11) is 1.67. The normalized spacial score (nSPS) is 11.0. The SMILES string of the molecule is COc1c(C)cnc(Cn2ccc3cc(F)ccc32)c1C. The molecule has 0 N–H and O–H groups in total. The highest BCUT2D eigenvalue weighted by molar-refractivity contribution is 5.80. The summed E-state index contributed by atoms with van der Waals surface area (Å²) in [5.41, 5.74) is 4.02. The average Bonchev–Trinajstić information content (AvgIpc) is 2.85. The number of hydrogen-bond acceptors (Lipinski definition) is 2. The molecule has 1 aromatic carbocycles. The molecule has 3 aromatic rings. The average molecular weight is 284 g/mol. The van der Waals surface area contributed by atoms with Gasteiger partial charge in [-0.25, -0.2) is 4.39 Å². The smallest absolute Gasteiger partial charge is 0.128 e. The van der Waals surface area contributed by atoms with E-state index in [9.17, 15) is 4.39 Å². The third kappa shape index (κ3) is 2.37. The lowest BCUT2D eigenvalue weighted by Gasteiger charge is -2.13. The Labute approximate surface area is 123 Å². The lowest BCUT2D eigenvalue weighted by Crippen LogP contribution is -2.05. The second-order valence-corrected chi connectivity index (χ2v) is 5.19. The predicted octanol–water partition coefficient (Wildman–Crippen LogP) is 3.85. The molecule has 0 atom stereocenters. The van der Waals surface area contributed by atoms with Gasteiger partial charge in [-0.15, -0.1) is 0 Å². The molecule has 0 radical (unpaired) electrons. The van der Waals surface area contributed by atoms with Crippen molar-refractivity contribution in [3.8, 4) is 5.75 Å². The summed E-state index contributed by atoms with van der Waals surface area (Å²) in [6.45, 7) is 4.63. The molecule has 2 aromatic heterocycles. The summed E-state index contributed by atoms with van der Waals surface area (Å²) >= 11 is 0. The molecular weight excluding hydrogens is 267 g/mol. The van der Waals surface area contributed by atoms with Crippen molar-refractivity contribution >= 4 is 10.9 Å². The van der Waals surface area contributed by atoms with Gasteiger partial charge in [-0.05, 0) is 38.1 Å². The Hall–Kier alpha value is -2.36. The van der Waals surface area contributed by atoms with Gasteiger partial charge < -0.3 is 9.30 Å². The monoisotopic (exact) mass is 284 g/mol. The van der Waals surface area contributed by atoms with Crippen LogP contribution in [0.15, 0.2) is 36.7 Å². The molecule has 3 nitrogen and oxygen atoms in total. The Morgan fingerprint density at radius 3 is 2.81 bits per heavy atom. The summed E-state index contributed by atoms with van der Waals surface area (Å²) in [5, 5.41) is 0.895. The Balaban J connectivity index is 2.03. The zero-order chi connectivity index (χ0) is 15.0. The fourth-order valence-corrected chi connectivity index (χ4v) is 2.70. The van der Waals surface area contributed by atoms with E-state index in [4.69, 9.17) is 4.74 Å². The number of pyridine rings is 1. The minimum Gasteiger partial charge on any atom is -0.496 e. The van der Waals surface area contributed by atoms with Crippen molar-refractivity contribution in [1.29, 1.82) is 0 Å². The van der Waals surface area contributed by atoms with Gasteiger partial charge >= 0.3 is 0 Å². The van der Waals surface area contributed by atoms with E-state index in [1.807, 2.05) is 32.3 Å². The van der Waals surface area contributed by atoms with Gasteiger partial charge in [-0.3, -0.25) is 4.98 Å². The van der Waals surface area contributed by atoms with Crippen LogP contribution in [0.25, 0.3) is 10.9 Å². The molecule has 0 aliphatic carbocycles. The number of aryl methyl sites for hydroxylation is 1. The molecule has 2 heterocycles. The highest BCUT2D eigenvalue weighted by atomic mass is 19.1. The Morgan fingerprint density at radius 2 is 2.05 bits per heavy atom. The maximum Gasteiger partial charge on any atom is 0.128 e. The summed E-state index contributed by atoms with van der Waals surface area (Å²) in [4.78, 5) is 4.51. The first kappa shape index (κ1) is 13.6. The van der Waals surface area contributed by atoms with Crippen LogP contribution in [0.4, 0.5) is 4.39 Å². The van der Waals surface area contributed by atoms with Crippen molar-refractivity contribution in [2.75, 3.05) is 7.11 Å². The zero-order valence-electron chi connectivity index (χ0n) is 12.4. The second-order valence-electron chi connectivity index (χ2n) is 5.19. The summed E-state index contributed by atoms with van der Waals surface area (Å²) in [6.07, 6.45) is 3.78. The maximum absolute atomic E-state index is 13.2. The first-order valence-corrected chi connectivity index (χ1v) is 6.83. The van der Waals surface area contributed by atoms with Gasteiger partial charge in [-0.1, -0.05) is 0 Å². The van der Waals surface area contributed by atoms with Gasteiger partial charge in [0.05, 0.1) is 19.3 Å². The zero-order valence-corrected chi connectivity index (χ0v) is 12.4. The van der Waals surface area contributed by atoms with Crippen molar-refractivity contribution in [2.45, 2.75) is 20.4 Å². The van der Waals surface area contributed by atoms with E-state index >= 15 is 0 Å². The maximum atomic E-state index is 13.2. The van der Waals surface area contributed by atoms with Gasteiger partial charge in [0.1, 0.15) is 11.6 Å². The predicted molar refractivity (Wildman–Crippen MR) is 81.3 cm³/mol. The van der Waals surface area contributed by atoms with Gasteiger partial charge in [0, 0.05) is 34.4 Å². The molecule has 0 saturated heterocycles. The quantitative estimate of drug-likeness (QED) is 0.730. The number of aromatic nitrogens is 2. The van der Waals surface area contributed by atoms with Crippen LogP contribution >= 0.6 is 0 Å². The molecule has 3 rings (SSSR count). The second kappa shape index (κ2) is 5.20. The molecule has 0 amide bonds. The lowest BCUT2D eigenvalue weighted by molar-refractivity contribution is 0.406. The first-order valence-electron chi connectivity index (χ1n) is 6.83. The minimum atomic E-state index is -0.216. The fraction of sp³-hybridized carbons (Fsp3) is 0.235. The van der Waals surface area contributed by atoms with E-state index in [-0.39, 0.29) is 5.82 Å². The van der Waals surface area contributed by atoms with E-state index in [1.54, 1.807) is 19.2 Å². The molecular formula is C17H17FN2O. The molecule has 108 valence electrons. The molecule has 21 heavy (non-hydrogen) atoms. The van der Waals surface area contributed by atoms with Crippen LogP contribution in [-0.2, 0) is 6.54 Å². The van der Waals surface area contributed by atoms with Crippen LogP contribution in [0.5, 0.6) is 5.75 Å². The first-order chi connectivity index (χ1) is 10.1. The number of fused-ring (bicyclic) bond motifs is 1. The number of ether oxygens (including phenoxy) is 1. The third-order valence-corrected chi connectivity index (χ3v) is 3.80. The molecule has 4 heteroatoms. The van der Waals surface area contributed by atoms with Crippen LogP contribution < -0.4 is 4.74 Å². The Morgan fingerprint density at radius 1 is 1.24 bits per heavy atom. The Kier molecular flexibility index (Phi) is 3.37. The van der Waals surface area contributed by atoms with Gasteiger partial charge in [0.25, 0.3) is 0 Å². The third-order valence-electron chi connectivity index (χ3n) is 3.80. The van der Waals surface area contributed by atoms with Crippen LogP contribution in [-0.4, -0.2) is 16.7 Å². The molecule has 0 saturated carbocycles. The largest absolute Gasteiger partial charge is 0.496 e. The number of methoxy groups -OCH3 is 1. The van der Waals surface area contributed by atoms with E-state index in [0.717, 1.165) is 33.5 Å². The van der Waals surface area contributed by atoms with Crippen LogP contribution in [0.2, 0.25) is 0 Å². The highest BCUT2D eigenvalue weighted by Crippen LogP contribution is 2.25. The number of hydrogen-bond donors (Lipinski definition) is 0. The fourth-order valence-electron chi connectivity index (χ4n) is 2.70. The van der Waals surface area contributed by atoms with Gasteiger partial charge in [0.2, 0.25) is 0 Å². The van der Waals surface area contributed by atoms with Crippen molar-refractivity contribution in [3.05, 3.63) is 59.3 Å². The number of benzene rings is 1. The molecule has 0 aliphatic rings. The Bertz CT molecular complexity index is 808. The molecule has 0 spiro atoms. The summed E-state index contributed by atoms with van der Waals surface area (Å²) < 4.78 is 20.8. The van der Waals surface area contributed by atoms with E-state index < -0.39 is 0 Å². The lowest BCUT2D eigenvalue weighted by atomic mass is 10.1. The minimum absolute atomic E-state index is 0.216. The van der Waals surface area contributed by atoms with E-state index in [0.29, 0.717) is 6.54 Å². The van der Waals surface area contributed by atoms with E-state index in [1.165, 1.54) is 6.07 Å². The van der Waals surface area contributed by atoms with Crippen molar-refractivity contribution in [1.82, 2.24) is 9.55 Å². The van der Waals surface area contributed by atoms with Crippen LogP contribution in [0, 0.1) is 19.7 Å². The standard InChI is InChI=1S/C17H17FN2O/c1-11-9-19-15(12(2)17(11)21-3)10-20-7-6-13-8-14(18)4-5-16(13)20/h4-9H,10H2,1-3H3. The van der Waals surface area contributed by atoms with Crippen LogP contribution in [0.3, 0.4) is 0 Å². The molecule has 0 bridgehead atoms. The summed E-state index contributed by atoms with van der Waals surface area (Å²) in [6, 6.07) is 6.74. The highest BCUT2D eigenvalue weighted by Gasteiger charge is 2.11. The molecule has 0 aliphatic heterocycles. The van der Waals surface area contributed by atoms with Crippen molar-refractivity contribution in [2.24, 2.45) is 0 Å².